The van der Waals surface area contributed by atoms with Crippen LogP contribution < -0.4 is 9.80 Å². The van der Waals surface area contributed by atoms with Crippen molar-refractivity contribution in [3.63, 3.8) is 0 Å². The number of unbranched alkanes of at least 4 members (excludes halogenated alkanes) is 20. The molecule has 0 atom stereocenters. The van der Waals surface area contributed by atoms with Crippen LogP contribution in [0.2, 0.25) is 0 Å². The van der Waals surface area contributed by atoms with E-state index in [1.165, 1.54) is 148 Å². The van der Waals surface area contributed by atoms with E-state index < -0.39 is 0 Å². The van der Waals surface area contributed by atoms with Crippen molar-refractivity contribution in [2.24, 2.45) is 5.41 Å². The van der Waals surface area contributed by atoms with Crippen molar-refractivity contribution in [1.29, 1.82) is 0 Å². The molecule has 0 aromatic rings. The Labute approximate surface area is 321 Å². The number of quaternary nitrogens is 2. The molecule has 0 unspecified atom stereocenters. The molecule has 308 valence electrons. The lowest BCUT2D eigenvalue weighted by atomic mass is 9.84. The van der Waals surface area contributed by atoms with Crippen molar-refractivity contribution >= 4 is 0 Å². The van der Waals surface area contributed by atoms with E-state index in [1.807, 2.05) is 0 Å². The first-order valence-electron chi connectivity index (χ1n) is 23.1. The Morgan fingerprint density at radius 3 is 0.961 bits per heavy atom. The van der Waals surface area contributed by atoms with Gasteiger partial charge >= 0.3 is 0 Å². The fourth-order valence-electron chi connectivity index (χ4n) is 7.21. The zero-order valence-electron chi connectivity index (χ0n) is 36.0. The Morgan fingerprint density at radius 2 is 0.608 bits per heavy atom. The smallest absolute Gasteiger partial charge is 0.101 e. The number of ether oxygens (including phenoxy) is 4. The molecule has 51 heavy (non-hydrogen) atoms. The average molecular weight is 729 g/mol. The molecule has 0 aromatic heterocycles. The van der Waals surface area contributed by atoms with Crippen molar-refractivity contribution in [1.82, 2.24) is 0 Å². The van der Waals surface area contributed by atoms with Gasteiger partial charge in [-0.05, 0) is 53.4 Å². The molecule has 0 saturated carbocycles. The average Bonchev–Trinajstić information content (AvgIpc) is 3.15. The molecule has 6 heteroatoms. The third-order valence-electron chi connectivity index (χ3n) is 11.2. The van der Waals surface area contributed by atoms with E-state index in [-0.39, 0.29) is 5.41 Å². The van der Waals surface area contributed by atoms with Crippen molar-refractivity contribution in [3.8, 4) is 0 Å². The summed E-state index contributed by atoms with van der Waals surface area (Å²) in [7, 11) is 0. The van der Waals surface area contributed by atoms with Gasteiger partial charge in [-0.25, -0.2) is 0 Å². The minimum Gasteiger partial charge on any atom is -0.381 e. The molecule has 2 N–H and O–H groups in total. The largest absolute Gasteiger partial charge is 0.381 e. The van der Waals surface area contributed by atoms with Gasteiger partial charge in [-0.2, -0.15) is 0 Å². The third kappa shape index (κ3) is 34.0. The highest BCUT2D eigenvalue weighted by atomic mass is 16.5. The second kappa shape index (κ2) is 40.9. The molecular weight excluding hydrogens is 633 g/mol. The number of likely N-dealkylation sites (N-methyl/N-ethyl adjacent to an activating group) is 2. The van der Waals surface area contributed by atoms with Crippen molar-refractivity contribution in [3.05, 3.63) is 0 Å². The molecular formula is C45H96N2O4+2. The van der Waals surface area contributed by atoms with E-state index in [9.17, 15) is 0 Å². The maximum Gasteiger partial charge on any atom is 0.101 e. The van der Waals surface area contributed by atoms with Gasteiger partial charge in [0.2, 0.25) is 0 Å². The maximum absolute atomic E-state index is 6.52. The summed E-state index contributed by atoms with van der Waals surface area (Å²) in [5.41, 5.74) is -0.0563. The van der Waals surface area contributed by atoms with Gasteiger partial charge in [-0.3, -0.25) is 0 Å². The maximum atomic E-state index is 6.52. The van der Waals surface area contributed by atoms with Gasteiger partial charge in [-0.1, -0.05) is 142 Å². The van der Waals surface area contributed by atoms with Gasteiger partial charge < -0.3 is 28.7 Å². The third-order valence-corrected chi connectivity index (χ3v) is 11.2. The van der Waals surface area contributed by atoms with Crippen molar-refractivity contribution in [2.75, 3.05) is 92.1 Å². The van der Waals surface area contributed by atoms with Gasteiger partial charge in [-0.15, -0.1) is 0 Å². The van der Waals surface area contributed by atoms with E-state index >= 15 is 0 Å². The highest BCUT2D eigenvalue weighted by Crippen LogP contribution is 2.28. The molecule has 0 heterocycles. The summed E-state index contributed by atoms with van der Waals surface area (Å²) in [6.07, 6.45) is 31.9. The van der Waals surface area contributed by atoms with Crippen LogP contribution in [-0.2, 0) is 18.9 Å². The van der Waals surface area contributed by atoms with Crippen LogP contribution in [0, 0.1) is 5.41 Å². The topological polar surface area (TPSA) is 45.8 Å². The Hall–Kier alpha value is -0.240. The van der Waals surface area contributed by atoms with Crippen LogP contribution in [0.3, 0.4) is 0 Å². The summed E-state index contributed by atoms with van der Waals surface area (Å²) in [6, 6.07) is 0. The summed E-state index contributed by atoms with van der Waals surface area (Å²) >= 11 is 0. The Bertz CT molecular complexity index is 590. The van der Waals surface area contributed by atoms with Crippen molar-refractivity contribution < 1.29 is 28.7 Å². The van der Waals surface area contributed by atoms with Crippen LogP contribution in [0.4, 0.5) is 0 Å². The van der Waals surface area contributed by atoms with E-state index in [2.05, 4.69) is 41.5 Å². The summed E-state index contributed by atoms with van der Waals surface area (Å²) in [6.45, 7) is 27.2. The minimum atomic E-state index is -0.0563. The first-order valence-corrected chi connectivity index (χ1v) is 23.1. The molecule has 0 aromatic carbocycles. The van der Waals surface area contributed by atoms with Crippen LogP contribution in [0.15, 0.2) is 0 Å². The molecule has 0 aliphatic heterocycles. The SMILES string of the molecule is CCCCCCCCCCCCCCOCC(CCCCCCCCOCCCCCCC)(COCC[NH+](CC)CC)COCC[NH+](CC)CC. The number of rotatable bonds is 44. The second-order valence-corrected chi connectivity index (χ2v) is 15.9. The predicted octanol–water partition coefficient (Wildman–Crippen LogP) is 9.29. The van der Waals surface area contributed by atoms with E-state index in [4.69, 9.17) is 18.9 Å². The fourth-order valence-corrected chi connectivity index (χ4v) is 7.21. The first-order chi connectivity index (χ1) is 25.1. The van der Waals surface area contributed by atoms with E-state index in [1.54, 1.807) is 9.80 Å². The Balaban J connectivity index is 4.78. The molecule has 0 spiro atoms. The van der Waals surface area contributed by atoms with Crippen molar-refractivity contribution in [2.45, 2.75) is 196 Å². The molecule has 0 aliphatic carbocycles. The van der Waals surface area contributed by atoms with E-state index in [0.717, 1.165) is 98.5 Å². The standard InChI is InChI=1S/C45H94N2O4/c1-7-13-15-17-18-19-20-21-22-24-29-33-39-49-42-45(43-50-40-35-46(9-3)10-4,44-51-41-36-47(11-5)12-6)34-30-26-23-25-28-32-38-48-37-31-27-16-14-8-2/h7-44H2,1-6H3/p+2. The molecule has 0 aliphatic rings. The van der Waals surface area contributed by atoms with Crippen LogP contribution in [0.25, 0.3) is 0 Å². The van der Waals surface area contributed by atoms with Gasteiger partial charge in [0, 0.05) is 25.2 Å². The molecule has 0 bridgehead atoms. The molecule has 0 saturated heterocycles. The van der Waals surface area contributed by atoms with E-state index in [0.29, 0.717) is 0 Å². The number of hydrogen-bond acceptors (Lipinski definition) is 4. The molecule has 6 nitrogen and oxygen atoms in total. The van der Waals surface area contributed by atoms with Crippen LogP contribution >= 0.6 is 0 Å². The van der Waals surface area contributed by atoms with Gasteiger partial charge in [0.15, 0.2) is 0 Å². The highest BCUT2D eigenvalue weighted by Gasteiger charge is 2.31. The molecule has 0 radical (unpaired) electrons. The Kier molecular flexibility index (Phi) is 40.7. The predicted molar refractivity (Wildman–Crippen MR) is 222 cm³/mol. The molecule has 0 amide bonds. The Morgan fingerprint density at radius 1 is 0.314 bits per heavy atom. The first kappa shape index (κ1) is 50.8. The normalized spacial score (nSPS) is 12.2. The monoisotopic (exact) mass is 729 g/mol. The summed E-state index contributed by atoms with van der Waals surface area (Å²) < 4.78 is 25.4. The molecule has 0 fully saturated rings. The zero-order chi connectivity index (χ0) is 37.4. The number of nitrogens with one attached hydrogen (secondary N) is 2. The minimum absolute atomic E-state index is 0.0563. The highest BCUT2D eigenvalue weighted by molar-refractivity contribution is 4.80. The molecule has 0 rings (SSSR count). The lowest BCUT2D eigenvalue weighted by Crippen LogP contribution is -3.11. The summed E-state index contributed by atoms with van der Waals surface area (Å²) in [5, 5.41) is 0. The van der Waals surface area contributed by atoms with Gasteiger partial charge in [0.05, 0.1) is 59.2 Å². The summed E-state index contributed by atoms with van der Waals surface area (Å²) in [4.78, 5) is 3.22. The fraction of sp³-hybridized carbons (Fsp3) is 1.00. The van der Waals surface area contributed by atoms with Crippen LogP contribution in [0.5, 0.6) is 0 Å². The lowest BCUT2D eigenvalue weighted by molar-refractivity contribution is -0.896. The quantitative estimate of drug-likeness (QED) is 0.0615. The second-order valence-electron chi connectivity index (χ2n) is 15.9. The van der Waals surface area contributed by atoms with Gasteiger partial charge in [0.1, 0.15) is 13.1 Å². The lowest BCUT2D eigenvalue weighted by Gasteiger charge is -2.34. The summed E-state index contributed by atoms with van der Waals surface area (Å²) in [5.74, 6) is 0. The van der Waals surface area contributed by atoms with Crippen LogP contribution in [0.1, 0.15) is 196 Å². The van der Waals surface area contributed by atoms with Gasteiger partial charge in [0.25, 0.3) is 0 Å². The van der Waals surface area contributed by atoms with Crippen LogP contribution in [-0.4, -0.2) is 92.1 Å². The zero-order valence-corrected chi connectivity index (χ0v) is 36.0. The number of hydrogen-bond donors (Lipinski definition) is 2.